The minimum Gasteiger partial charge on any atom is -0.494 e. The Morgan fingerprint density at radius 2 is 1.48 bits per heavy atom. The zero-order valence-electron chi connectivity index (χ0n) is 27.0. The monoisotopic (exact) mass is 641 g/mol. The SMILES string of the molecule is CCCNC(=O)[C@H](Cc1ccccc1)N(Cc1ccccc1C)C(=O)CN(c1ccc(OCC)cc1)S(=O)(=O)c1ccc(C)cc1. The summed E-state index contributed by atoms with van der Waals surface area (Å²) in [5.41, 5.74) is 3.93. The highest BCUT2D eigenvalue weighted by atomic mass is 32.2. The summed E-state index contributed by atoms with van der Waals surface area (Å²) in [7, 11) is -4.18. The number of aryl methyl sites for hydroxylation is 2. The van der Waals surface area contributed by atoms with Crippen LogP contribution in [0.1, 0.15) is 42.5 Å². The number of hydrogen-bond donors (Lipinski definition) is 1. The number of nitrogens with zero attached hydrogens (tertiary/aromatic N) is 2. The van der Waals surface area contributed by atoms with Gasteiger partial charge in [0.15, 0.2) is 0 Å². The van der Waals surface area contributed by atoms with E-state index in [0.29, 0.717) is 24.6 Å². The van der Waals surface area contributed by atoms with E-state index in [4.69, 9.17) is 4.74 Å². The average Bonchev–Trinajstić information content (AvgIpc) is 3.06. The van der Waals surface area contributed by atoms with Crippen LogP contribution in [0, 0.1) is 13.8 Å². The van der Waals surface area contributed by atoms with Gasteiger partial charge in [0, 0.05) is 19.5 Å². The van der Waals surface area contributed by atoms with Gasteiger partial charge in [0.1, 0.15) is 18.3 Å². The van der Waals surface area contributed by atoms with Crippen molar-refractivity contribution in [3.05, 3.63) is 125 Å². The molecule has 8 nitrogen and oxygen atoms in total. The fourth-order valence-electron chi connectivity index (χ4n) is 5.13. The van der Waals surface area contributed by atoms with Crippen LogP contribution in [0.3, 0.4) is 0 Å². The van der Waals surface area contributed by atoms with Crippen molar-refractivity contribution in [1.82, 2.24) is 10.2 Å². The van der Waals surface area contributed by atoms with Gasteiger partial charge in [-0.3, -0.25) is 13.9 Å². The molecule has 46 heavy (non-hydrogen) atoms. The summed E-state index contributed by atoms with van der Waals surface area (Å²) in [4.78, 5) is 29.9. The van der Waals surface area contributed by atoms with Gasteiger partial charge in [-0.1, -0.05) is 79.2 Å². The van der Waals surface area contributed by atoms with E-state index in [9.17, 15) is 18.0 Å². The minimum absolute atomic E-state index is 0.0618. The van der Waals surface area contributed by atoms with Crippen LogP contribution in [0.25, 0.3) is 0 Å². The van der Waals surface area contributed by atoms with E-state index in [1.807, 2.05) is 82.3 Å². The van der Waals surface area contributed by atoms with E-state index in [1.54, 1.807) is 36.4 Å². The number of sulfonamides is 1. The third-order valence-corrected chi connectivity index (χ3v) is 9.53. The van der Waals surface area contributed by atoms with Gasteiger partial charge in [-0.2, -0.15) is 0 Å². The summed E-state index contributed by atoms with van der Waals surface area (Å²) < 4.78 is 35.1. The molecule has 0 aliphatic rings. The molecule has 0 radical (unpaired) electrons. The van der Waals surface area contributed by atoms with Gasteiger partial charge >= 0.3 is 0 Å². The number of hydrogen-bond acceptors (Lipinski definition) is 5. The van der Waals surface area contributed by atoms with Gasteiger partial charge in [0.2, 0.25) is 11.8 Å². The van der Waals surface area contributed by atoms with Crippen LogP contribution in [0.2, 0.25) is 0 Å². The Labute approximate surface area is 273 Å². The lowest BCUT2D eigenvalue weighted by molar-refractivity contribution is -0.140. The maximum atomic E-state index is 14.6. The molecule has 0 saturated carbocycles. The number of ether oxygens (including phenoxy) is 1. The number of rotatable bonds is 15. The van der Waals surface area contributed by atoms with Gasteiger partial charge < -0.3 is 15.0 Å². The molecule has 242 valence electrons. The van der Waals surface area contributed by atoms with Gasteiger partial charge in [0.05, 0.1) is 17.2 Å². The van der Waals surface area contributed by atoms with Crippen LogP contribution in [-0.2, 0) is 32.6 Å². The van der Waals surface area contributed by atoms with Crippen LogP contribution < -0.4 is 14.4 Å². The minimum atomic E-state index is -4.18. The fourth-order valence-corrected chi connectivity index (χ4v) is 6.55. The van der Waals surface area contributed by atoms with Crippen molar-refractivity contribution in [1.29, 1.82) is 0 Å². The second-order valence-corrected chi connectivity index (χ2v) is 13.1. The zero-order valence-corrected chi connectivity index (χ0v) is 27.8. The van der Waals surface area contributed by atoms with E-state index in [-0.39, 0.29) is 23.8 Å². The summed E-state index contributed by atoms with van der Waals surface area (Å²) in [6.45, 7) is 8.20. The first-order valence-electron chi connectivity index (χ1n) is 15.6. The average molecular weight is 642 g/mol. The summed E-state index contributed by atoms with van der Waals surface area (Å²) in [6, 6.07) is 29.5. The summed E-state index contributed by atoms with van der Waals surface area (Å²) >= 11 is 0. The molecule has 4 rings (SSSR count). The van der Waals surface area contributed by atoms with Crippen molar-refractivity contribution < 1.29 is 22.7 Å². The summed E-state index contributed by atoms with van der Waals surface area (Å²) in [5, 5.41) is 2.97. The first-order valence-corrected chi connectivity index (χ1v) is 17.1. The lowest BCUT2D eigenvalue weighted by Gasteiger charge is -2.34. The number of nitrogens with one attached hydrogen (secondary N) is 1. The van der Waals surface area contributed by atoms with Crippen molar-refractivity contribution in [2.75, 3.05) is 24.0 Å². The highest BCUT2D eigenvalue weighted by Gasteiger charge is 2.34. The second-order valence-electron chi connectivity index (χ2n) is 11.2. The lowest BCUT2D eigenvalue weighted by atomic mass is 10.0. The fraction of sp³-hybridized carbons (Fsp3) is 0.297. The molecular weight excluding hydrogens is 598 g/mol. The molecule has 0 aliphatic carbocycles. The van der Waals surface area contributed by atoms with Crippen molar-refractivity contribution >= 4 is 27.5 Å². The molecule has 0 fully saturated rings. The molecule has 1 N–H and O–H groups in total. The number of carbonyl (C=O) groups is 2. The third-order valence-electron chi connectivity index (χ3n) is 7.75. The Morgan fingerprint density at radius 1 is 0.826 bits per heavy atom. The molecule has 0 aromatic heterocycles. The highest BCUT2D eigenvalue weighted by molar-refractivity contribution is 7.92. The Hall–Kier alpha value is -4.63. The van der Waals surface area contributed by atoms with Crippen molar-refractivity contribution in [2.24, 2.45) is 0 Å². The number of anilines is 1. The maximum Gasteiger partial charge on any atom is 0.264 e. The molecule has 1 atom stereocenters. The molecule has 4 aromatic carbocycles. The Bertz CT molecular complexity index is 1690. The Kier molecular flexibility index (Phi) is 12.0. The first-order chi connectivity index (χ1) is 22.1. The van der Waals surface area contributed by atoms with Crippen LogP contribution in [0.4, 0.5) is 5.69 Å². The lowest BCUT2D eigenvalue weighted by Crippen LogP contribution is -2.53. The quantitative estimate of drug-likeness (QED) is 0.170. The Morgan fingerprint density at radius 3 is 2.11 bits per heavy atom. The van der Waals surface area contributed by atoms with Crippen molar-refractivity contribution in [2.45, 2.75) is 58.0 Å². The molecule has 0 heterocycles. The predicted molar refractivity (Wildman–Crippen MR) is 182 cm³/mol. The maximum absolute atomic E-state index is 14.6. The summed E-state index contributed by atoms with van der Waals surface area (Å²) in [5.74, 6) is -0.205. The predicted octanol–water partition coefficient (Wildman–Crippen LogP) is 6.06. The third kappa shape index (κ3) is 8.75. The molecular formula is C37H43N3O5S. The van der Waals surface area contributed by atoms with Crippen molar-refractivity contribution in [3.8, 4) is 5.75 Å². The van der Waals surface area contributed by atoms with Crippen LogP contribution in [0.5, 0.6) is 5.75 Å². The molecule has 0 aliphatic heterocycles. The largest absolute Gasteiger partial charge is 0.494 e. The number of carbonyl (C=O) groups excluding carboxylic acids is 2. The molecule has 2 amide bonds. The Balaban J connectivity index is 1.80. The highest BCUT2D eigenvalue weighted by Crippen LogP contribution is 2.27. The van der Waals surface area contributed by atoms with Gasteiger partial charge in [0.25, 0.3) is 10.0 Å². The number of benzene rings is 4. The van der Waals surface area contributed by atoms with Gasteiger partial charge in [-0.25, -0.2) is 8.42 Å². The topological polar surface area (TPSA) is 96.0 Å². The zero-order chi connectivity index (χ0) is 33.1. The molecule has 0 spiro atoms. The standard InChI is InChI=1S/C37H43N3O5S/c1-5-24-38-37(42)35(25-30-13-8-7-9-14-30)39(26-31-15-11-10-12-29(31)4)36(41)27-40(32-18-20-33(21-19-32)45-6-2)46(43,44)34-22-16-28(3)17-23-34/h7-23,35H,5-6,24-27H2,1-4H3,(H,38,42)/t35-/m0/s1. The molecule has 0 bridgehead atoms. The van der Waals surface area contributed by atoms with E-state index >= 15 is 0 Å². The van der Waals surface area contributed by atoms with E-state index in [2.05, 4.69) is 5.32 Å². The van der Waals surface area contributed by atoms with E-state index in [1.165, 1.54) is 17.0 Å². The number of amides is 2. The van der Waals surface area contributed by atoms with Crippen molar-refractivity contribution in [3.63, 3.8) is 0 Å². The smallest absolute Gasteiger partial charge is 0.264 e. The molecule has 4 aromatic rings. The molecule has 9 heteroatoms. The van der Waals surface area contributed by atoms with Gasteiger partial charge in [-0.05, 0) is 80.3 Å². The van der Waals surface area contributed by atoms with E-state index in [0.717, 1.165) is 33.0 Å². The molecule has 0 unspecified atom stereocenters. The van der Waals surface area contributed by atoms with Crippen LogP contribution >= 0.6 is 0 Å². The van der Waals surface area contributed by atoms with Crippen LogP contribution in [0.15, 0.2) is 108 Å². The first kappa shape index (κ1) is 34.2. The summed E-state index contributed by atoms with van der Waals surface area (Å²) in [6.07, 6.45) is 0.998. The van der Waals surface area contributed by atoms with Crippen LogP contribution in [-0.4, -0.2) is 50.9 Å². The molecule has 0 saturated heterocycles. The second kappa shape index (κ2) is 16.1. The van der Waals surface area contributed by atoms with E-state index < -0.39 is 28.5 Å². The van der Waals surface area contributed by atoms with Gasteiger partial charge in [-0.15, -0.1) is 0 Å². The normalized spacial score (nSPS) is 11.8.